The minimum atomic E-state index is 0.160. The molecule has 1 unspecified atom stereocenters. The number of carbonyl (C=O) groups excluding carboxylic acids is 1. The molecule has 1 saturated carbocycles. The van der Waals surface area contributed by atoms with Crippen LogP contribution in [0.1, 0.15) is 38.5 Å². The molecule has 4 nitrogen and oxygen atoms in total. The van der Waals surface area contributed by atoms with Gasteiger partial charge >= 0.3 is 0 Å². The normalized spacial score (nSPS) is 24.6. The molecule has 0 aromatic rings. The highest BCUT2D eigenvalue weighted by Crippen LogP contribution is 2.18. The van der Waals surface area contributed by atoms with Gasteiger partial charge in [-0.3, -0.25) is 4.79 Å². The van der Waals surface area contributed by atoms with E-state index in [2.05, 4.69) is 10.6 Å². The lowest BCUT2D eigenvalue weighted by Gasteiger charge is -2.09. The van der Waals surface area contributed by atoms with Gasteiger partial charge in [-0.05, 0) is 32.1 Å². The Morgan fingerprint density at radius 3 is 2.81 bits per heavy atom. The Labute approximate surface area is 97.1 Å². The monoisotopic (exact) mass is 226 g/mol. The average Bonchev–Trinajstić information content (AvgIpc) is 2.96. The van der Waals surface area contributed by atoms with Gasteiger partial charge in [0.2, 0.25) is 5.91 Å². The lowest BCUT2D eigenvalue weighted by molar-refractivity contribution is -0.121. The molecule has 1 amide bonds. The Morgan fingerprint density at radius 1 is 1.25 bits per heavy atom. The van der Waals surface area contributed by atoms with Crippen LogP contribution in [0.25, 0.3) is 0 Å². The van der Waals surface area contributed by atoms with Gasteiger partial charge in [0.05, 0.1) is 6.10 Å². The molecule has 0 bridgehead atoms. The molecule has 16 heavy (non-hydrogen) atoms. The van der Waals surface area contributed by atoms with E-state index in [1.165, 1.54) is 12.8 Å². The van der Waals surface area contributed by atoms with E-state index in [1.54, 1.807) is 0 Å². The molecule has 2 aliphatic rings. The first-order valence-electron chi connectivity index (χ1n) is 6.46. The lowest BCUT2D eigenvalue weighted by Crippen LogP contribution is -2.32. The fraction of sp³-hybridized carbons (Fsp3) is 0.917. The first-order valence-corrected chi connectivity index (χ1v) is 6.46. The molecule has 1 heterocycles. The van der Waals surface area contributed by atoms with Crippen molar-refractivity contribution in [2.24, 2.45) is 0 Å². The van der Waals surface area contributed by atoms with E-state index < -0.39 is 0 Å². The largest absolute Gasteiger partial charge is 0.378 e. The molecule has 4 heteroatoms. The van der Waals surface area contributed by atoms with Gasteiger partial charge in [-0.25, -0.2) is 0 Å². The van der Waals surface area contributed by atoms with Crippen molar-refractivity contribution in [1.82, 2.24) is 10.6 Å². The topological polar surface area (TPSA) is 50.4 Å². The second-order valence-corrected chi connectivity index (χ2v) is 4.75. The van der Waals surface area contributed by atoms with Crippen LogP contribution in [0.2, 0.25) is 0 Å². The molecular formula is C12H22N2O2. The quantitative estimate of drug-likeness (QED) is 0.632. The molecule has 2 rings (SSSR count). The predicted molar refractivity (Wildman–Crippen MR) is 62.2 cm³/mol. The maximum absolute atomic E-state index is 11.5. The summed E-state index contributed by atoms with van der Waals surface area (Å²) in [4.78, 5) is 11.5. The lowest BCUT2D eigenvalue weighted by atomic mass is 10.1. The van der Waals surface area contributed by atoms with Crippen LogP contribution in [0.5, 0.6) is 0 Å². The van der Waals surface area contributed by atoms with Crippen LogP contribution in [0, 0.1) is 0 Å². The highest BCUT2D eigenvalue weighted by molar-refractivity contribution is 5.75. The van der Waals surface area contributed by atoms with Crippen LogP contribution >= 0.6 is 0 Å². The predicted octanol–water partition coefficient (Wildman–Crippen LogP) is 0.814. The highest BCUT2D eigenvalue weighted by Gasteiger charge is 2.19. The molecule has 2 N–H and O–H groups in total. The van der Waals surface area contributed by atoms with Gasteiger partial charge < -0.3 is 15.4 Å². The Kier molecular flexibility index (Phi) is 4.60. The van der Waals surface area contributed by atoms with E-state index in [9.17, 15) is 4.79 Å². The third kappa shape index (κ3) is 4.49. The summed E-state index contributed by atoms with van der Waals surface area (Å²) in [6.45, 7) is 2.52. The summed E-state index contributed by atoms with van der Waals surface area (Å²) in [6, 6.07) is 0.726. The molecule has 1 saturated heterocycles. The maximum Gasteiger partial charge on any atom is 0.220 e. The molecule has 0 aromatic carbocycles. The second-order valence-electron chi connectivity index (χ2n) is 4.75. The molecule has 1 atom stereocenters. The Hall–Kier alpha value is -0.610. The van der Waals surface area contributed by atoms with Gasteiger partial charge in [0.1, 0.15) is 0 Å². The smallest absolute Gasteiger partial charge is 0.220 e. The van der Waals surface area contributed by atoms with Crippen molar-refractivity contribution in [1.29, 1.82) is 0 Å². The highest BCUT2D eigenvalue weighted by atomic mass is 16.5. The SMILES string of the molecule is O=C(CCC1CCCO1)NCCNC1CC1. The third-order valence-corrected chi connectivity index (χ3v) is 3.17. The van der Waals surface area contributed by atoms with Crippen molar-refractivity contribution < 1.29 is 9.53 Å². The van der Waals surface area contributed by atoms with Gasteiger partial charge in [0.15, 0.2) is 0 Å². The van der Waals surface area contributed by atoms with E-state index in [1.807, 2.05) is 0 Å². The van der Waals surface area contributed by atoms with Crippen LogP contribution < -0.4 is 10.6 Å². The van der Waals surface area contributed by atoms with Gasteiger partial charge in [0, 0.05) is 32.2 Å². The average molecular weight is 226 g/mol. The molecular weight excluding hydrogens is 204 g/mol. The molecule has 0 aromatic heterocycles. The van der Waals surface area contributed by atoms with Gasteiger partial charge in [0.25, 0.3) is 0 Å². The zero-order valence-corrected chi connectivity index (χ0v) is 9.84. The van der Waals surface area contributed by atoms with E-state index in [-0.39, 0.29) is 5.91 Å². The van der Waals surface area contributed by atoms with Crippen molar-refractivity contribution in [3.8, 4) is 0 Å². The third-order valence-electron chi connectivity index (χ3n) is 3.17. The van der Waals surface area contributed by atoms with Crippen molar-refractivity contribution in [2.75, 3.05) is 19.7 Å². The molecule has 92 valence electrons. The summed E-state index contributed by atoms with van der Waals surface area (Å²) in [5.74, 6) is 0.160. The van der Waals surface area contributed by atoms with Gasteiger partial charge in [-0.2, -0.15) is 0 Å². The zero-order chi connectivity index (χ0) is 11.2. The number of rotatable bonds is 7. The molecule has 0 spiro atoms. The summed E-state index contributed by atoms with van der Waals surface area (Å²) in [6.07, 6.45) is 6.68. The fourth-order valence-corrected chi connectivity index (χ4v) is 2.02. The second kappa shape index (κ2) is 6.21. The van der Waals surface area contributed by atoms with Crippen molar-refractivity contribution in [2.45, 2.75) is 50.7 Å². The van der Waals surface area contributed by atoms with Crippen LogP contribution in [-0.4, -0.2) is 37.7 Å². The molecule has 1 aliphatic carbocycles. The summed E-state index contributed by atoms with van der Waals surface area (Å²) in [5, 5.41) is 6.30. The first kappa shape index (κ1) is 11.9. The van der Waals surface area contributed by atoms with E-state index in [0.29, 0.717) is 12.5 Å². The van der Waals surface area contributed by atoms with E-state index in [0.717, 1.165) is 45.0 Å². The van der Waals surface area contributed by atoms with Crippen LogP contribution in [0.15, 0.2) is 0 Å². The molecule has 1 aliphatic heterocycles. The Morgan fingerprint density at radius 2 is 2.12 bits per heavy atom. The minimum Gasteiger partial charge on any atom is -0.378 e. The Balaban J connectivity index is 1.43. The summed E-state index contributed by atoms with van der Waals surface area (Å²) in [5.41, 5.74) is 0. The van der Waals surface area contributed by atoms with Gasteiger partial charge in [-0.15, -0.1) is 0 Å². The van der Waals surface area contributed by atoms with E-state index in [4.69, 9.17) is 4.74 Å². The number of ether oxygens (including phenoxy) is 1. The van der Waals surface area contributed by atoms with Crippen molar-refractivity contribution >= 4 is 5.91 Å². The Bertz CT molecular complexity index is 223. The maximum atomic E-state index is 11.5. The summed E-state index contributed by atoms with van der Waals surface area (Å²) < 4.78 is 5.48. The fourth-order valence-electron chi connectivity index (χ4n) is 2.02. The van der Waals surface area contributed by atoms with Crippen LogP contribution in [-0.2, 0) is 9.53 Å². The number of nitrogens with one attached hydrogen (secondary N) is 2. The zero-order valence-electron chi connectivity index (χ0n) is 9.84. The number of carbonyl (C=O) groups is 1. The summed E-state index contributed by atoms with van der Waals surface area (Å²) >= 11 is 0. The van der Waals surface area contributed by atoms with Crippen LogP contribution in [0.3, 0.4) is 0 Å². The summed E-state index contributed by atoms with van der Waals surface area (Å²) in [7, 11) is 0. The number of hydrogen-bond donors (Lipinski definition) is 2. The molecule has 0 radical (unpaired) electrons. The minimum absolute atomic E-state index is 0.160. The van der Waals surface area contributed by atoms with Gasteiger partial charge in [-0.1, -0.05) is 0 Å². The number of hydrogen-bond acceptors (Lipinski definition) is 3. The van der Waals surface area contributed by atoms with Crippen LogP contribution in [0.4, 0.5) is 0 Å². The van der Waals surface area contributed by atoms with Crippen molar-refractivity contribution in [3.05, 3.63) is 0 Å². The molecule has 2 fully saturated rings. The van der Waals surface area contributed by atoms with E-state index >= 15 is 0 Å². The first-order chi connectivity index (χ1) is 7.84. The number of amides is 1. The standard InChI is InChI=1S/C12H22N2O2/c15-12(6-5-11-2-1-9-16-11)14-8-7-13-10-3-4-10/h10-11,13H,1-9H2,(H,14,15). The van der Waals surface area contributed by atoms with Crippen molar-refractivity contribution in [3.63, 3.8) is 0 Å².